The summed E-state index contributed by atoms with van der Waals surface area (Å²) in [6, 6.07) is 4.75. The summed E-state index contributed by atoms with van der Waals surface area (Å²) in [5, 5.41) is 12.5. The fraction of sp³-hybridized carbons (Fsp3) is 0.538. The summed E-state index contributed by atoms with van der Waals surface area (Å²) in [6.45, 7) is 5.22. The summed E-state index contributed by atoms with van der Waals surface area (Å²) >= 11 is 3.19. The molecular formula is C13H19BrFNO2. The van der Waals surface area contributed by atoms with Gasteiger partial charge in [0, 0.05) is 17.6 Å². The summed E-state index contributed by atoms with van der Waals surface area (Å²) in [5.74, 6) is 0.0914. The lowest BCUT2D eigenvalue weighted by Gasteiger charge is -2.14. The molecule has 0 aromatic heterocycles. The van der Waals surface area contributed by atoms with Crippen LogP contribution in [0.2, 0.25) is 0 Å². The highest BCUT2D eigenvalue weighted by molar-refractivity contribution is 9.10. The lowest BCUT2D eigenvalue weighted by Crippen LogP contribution is -2.26. The Kier molecular flexibility index (Phi) is 6.60. The van der Waals surface area contributed by atoms with Crippen molar-refractivity contribution in [2.75, 3.05) is 25.1 Å². The number of ether oxygens (including phenoxy) is 1. The van der Waals surface area contributed by atoms with Gasteiger partial charge in [-0.3, -0.25) is 0 Å². The molecule has 1 aromatic rings. The SMILES string of the molecule is CC(C)COCC(O)CNc1ccc(Br)cc1F. The summed E-state index contributed by atoms with van der Waals surface area (Å²) in [7, 11) is 0. The second kappa shape index (κ2) is 7.71. The van der Waals surface area contributed by atoms with Gasteiger partial charge in [-0.2, -0.15) is 0 Å². The molecule has 102 valence electrons. The molecule has 0 heterocycles. The Bertz CT molecular complexity index is 374. The first-order chi connectivity index (χ1) is 8.49. The van der Waals surface area contributed by atoms with Crippen LogP contribution in [0.1, 0.15) is 13.8 Å². The summed E-state index contributed by atoms with van der Waals surface area (Å²) in [5.41, 5.74) is 0.376. The minimum Gasteiger partial charge on any atom is -0.389 e. The Labute approximate surface area is 115 Å². The van der Waals surface area contributed by atoms with E-state index in [9.17, 15) is 9.50 Å². The van der Waals surface area contributed by atoms with Crippen molar-refractivity contribution < 1.29 is 14.2 Å². The van der Waals surface area contributed by atoms with Crippen LogP contribution < -0.4 is 5.32 Å². The molecule has 0 aliphatic rings. The van der Waals surface area contributed by atoms with Crippen molar-refractivity contribution in [1.29, 1.82) is 0 Å². The van der Waals surface area contributed by atoms with Crippen LogP contribution >= 0.6 is 15.9 Å². The van der Waals surface area contributed by atoms with Crippen LogP contribution in [0.5, 0.6) is 0 Å². The molecule has 3 nitrogen and oxygen atoms in total. The number of rotatable bonds is 7. The van der Waals surface area contributed by atoms with Gasteiger partial charge >= 0.3 is 0 Å². The number of benzene rings is 1. The molecule has 0 aliphatic carbocycles. The first kappa shape index (κ1) is 15.4. The molecule has 0 aliphatic heterocycles. The van der Waals surface area contributed by atoms with Gasteiger partial charge in [-0.05, 0) is 24.1 Å². The summed E-state index contributed by atoms with van der Waals surface area (Å²) in [4.78, 5) is 0. The number of aliphatic hydroxyl groups is 1. The van der Waals surface area contributed by atoms with Crippen molar-refractivity contribution in [3.05, 3.63) is 28.5 Å². The first-order valence-electron chi connectivity index (χ1n) is 5.93. The van der Waals surface area contributed by atoms with E-state index in [1.165, 1.54) is 6.07 Å². The molecule has 0 bridgehead atoms. The van der Waals surface area contributed by atoms with Crippen LogP contribution in [-0.2, 0) is 4.74 Å². The molecule has 1 atom stereocenters. The Hall–Kier alpha value is -0.650. The second-order valence-electron chi connectivity index (χ2n) is 4.59. The van der Waals surface area contributed by atoms with E-state index in [4.69, 9.17) is 4.74 Å². The van der Waals surface area contributed by atoms with Crippen molar-refractivity contribution in [3.63, 3.8) is 0 Å². The van der Waals surface area contributed by atoms with Gasteiger partial charge in [0.15, 0.2) is 0 Å². The van der Waals surface area contributed by atoms with Crippen molar-refractivity contribution in [3.8, 4) is 0 Å². The topological polar surface area (TPSA) is 41.5 Å². The minimum atomic E-state index is -0.646. The molecule has 0 amide bonds. The van der Waals surface area contributed by atoms with Gasteiger partial charge in [0.2, 0.25) is 0 Å². The normalized spacial score (nSPS) is 12.8. The number of nitrogens with one attached hydrogen (secondary N) is 1. The third kappa shape index (κ3) is 5.80. The van der Waals surface area contributed by atoms with Crippen LogP contribution in [0.15, 0.2) is 22.7 Å². The fourth-order valence-electron chi connectivity index (χ4n) is 1.36. The Morgan fingerprint density at radius 1 is 1.39 bits per heavy atom. The van der Waals surface area contributed by atoms with Crippen LogP contribution in [-0.4, -0.2) is 31.0 Å². The van der Waals surface area contributed by atoms with E-state index in [1.807, 2.05) is 13.8 Å². The highest BCUT2D eigenvalue weighted by atomic mass is 79.9. The van der Waals surface area contributed by atoms with E-state index in [0.29, 0.717) is 22.7 Å². The lowest BCUT2D eigenvalue weighted by atomic mass is 10.2. The summed E-state index contributed by atoms with van der Waals surface area (Å²) in [6.07, 6.45) is -0.646. The Balaban J connectivity index is 2.31. The molecule has 1 unspecified atom stereocenters. The van der Waals surface area contributed by atoms with E-state index >= 15 is 0 Å². The maximum atomic E-state index is 13.5. The van der Waals surface area contributed by atoms with E-state index in [0.717, 1.165) is 0 Å². The lowest BCUT2D eigenvalue weighted by molar-refractivity contribution is 0.0317. The zero-order chi connectivity index (χ0) is 13.5. The first-order valence-corrected chi connectivity index (χ1v) is 6.73. The molecule has 2 N–H and O–H groups in total. The molecular weight excluding hydrogens is 301 g/mol. The van der Waals surface area contributed by atoms with E-state index in [-0.39, 0.29) is 19.0 Å². The number of hydrogen-bond donors (Lipinski definition) is 2. The van der Waals surface area contributed by atoms with E-state index in [2.05, 4.69) is 21.2 Å². The van der Waals surface area contributed by atoms with Crippen LogP contribution in [0, 0.1) is 11.7 Å². The molecule has 5 heteroatoms. The number of aliphatic hydroxyl groups excluding tert-OH is 1. The average Bonchev–Trinajstić information content (AvgIpc) is 2.27. The van der Waals surface area contributed by atoms with Crippen molar-refractivity contribution in [2.24, 2.45) is 5.92 Å². The highest BCUT2D eigenvalue weighted by Gasteiger charge is 2.07. The van der Waals surface area contributed by atoms with Gasteiger partial charge in [0.1, 0.15) is 5.82 Å². The molecule has 0 saturated heterocycles. The van der Waals surface area contributed by atoms with E-state index in [1.54, 1.807) is 12.1 Å². The maximum Gasteiger partial charge on any atom is 0.147 e. The van der Waals surface area contributed by atoms with Gasteiger partial charge in [-0.15, -0.1) is 0 Å². The molecule has 0 spiro atoms. The van der Waals surface area contributed by atoms with E-state index < -0.39 is 6.10 Å². The second-order valence-corrected chi connectivity index (χ2v) is 5.51. The van der Waals surface area contributed by atoms with Crippen LogP contribution in [0.25, 0.3) is 0 Å². The standard InChI is InChI=1S/C13H19BrFNO2/c1-9(2)7-18-8-11(17)6-16-13-4-3-10(14)5-12(13)15/h3-5,9,11,16-17H,6-8H2,1-2H3. The number of halogens is 2. The zero-order valence-corrected chi connectivity index (χ0v) is 12.2. The quantitative estimate of drug-likeness (QED) is 0.811. The van der Waals surface area contributed by atoms with Crippen molar-refractivity contribution >= 4 is 21.6 Å². The molecule has 1 rings (SSSR count). The molecule has 0 radical (unpaired) electrons. The smallest absolute Gasteiger partial charge is 0.147 e. The molecule has 18 heavy (non-hydrogen) atoms. The number of anilines is 1. The molecule has 0 fully saturated rings. The Morgan fingerprint density at radius 2 is 2.11 bits per heavy atom. The fourth-order valence-corrected chi connectivity index (χ4v) is 1.69. The van der Waals surface area contributed by atoms with Gasteiger partial charge < -0.3 is 15.2 Å². The van der Waals surface area contributed by atoms with Gasteiger partial charge in [-0.1, -0.05) is 29.8 Å². The van der Waals surface area contributed by atoms with Crippen LogP contribution in [0.4, 0.5) is 10.1 Å². The van der Waals surface area contributed by atoms with Crippen LogP contribution in [0.3, 0.4) is 0 Å². The van der Waals surface area contributed by atoms with Gasteiger partial charge in [0.25, 0.3) is 0 Å². The monoisotopic (exact) mass is 319 g/mol. The average molecular weight is 320 g/mol. The third-order valence-corrected chi connectivity index (χ3v) is 2.71. The van der Waals surface area contributed by atoms with Crippen molar-refractivity contribution in [2.45, 2.75) is 20.0 Å². The Morgan fingerprint density at radius 3 is 2.72 bits per heavy atom. The largest absolute Gasteiger partial charge is 0.389 e. The zero-order valence-electron chi connectivity index (χ0n) is 10.6. The van der Waals surface area contributed by atoms with Gasteiger partial charge in [0.05, 0.1) is 18.4 Å². The third-order valence-electron chi connectivity index (χ3n) is 2.22. The maximum absolute atomic E-state index is 13.5. The number of hydrogen-bond acceptors (Lipinski definition) is 3. The van der Waals surface area contributed by atoms with Gasteiger partial charge in [-0.25, -0.2) is 4.39 Å². The predicted octanol–water partition coefficient (Wildman–Crippen LogP) is 3.03. The predicted molar refractivity (Wildman–Crippen MR) is 74.3 cm³/mol. The molecule has 0 saturated carbocycles. The highest BCUT2D eigenvalue weighted by Crippen LogP contribution is 2.19. The molecule has 1 aromatic carbocycles. The summed E-state index contributed by atoms with van der Waals surface area (Å²) < 4.78 is 19.4. The minimum absolute atomic E-state index is 0.253. The van der Waals surface area contributed by atoms with Crippen molar-refractivity contribution in [1.82, 2.24) is 0 Å².